The molecule has 1 N–H and O–H groups in total. The van der Waals surface area contributed by atoms with E-state index in [0.29, 0.717) is 16.9 Å². The second-order valence-electron chi connectivity index (χ2n) is 6.92. The normalized spacial score (nSPS) is 14.9. The van der Waals surface area contributed by atoms with Crippen LogP contribution in [-0.4, -0.2) is 31.4 Å². The zero-order valence-corrected chi connectivity index (χ0v) is 17.4. The third-order valence-corrected chi connectivity index (χ3v) is 6.60. The van der Waals surface area contributed by atoms with Gasteiger partial charge < -0.3 is 4.57 Å². The minimum Gasteiger partial charge on any atom is -0.316 e. The van der Waals surface area contributed by atoms with Gasteiger partial charge in [0.2, 0.25) is 11.0 Å². The Morgan fingerprint density at radius 3 is 2.71 bits per heavy atom. The Morgan fingerprint density at radius 1 is 1.21 bits per heavy atom. The third kappa shape index (κ3) is 4.44. The van der Waals surface area contributed by atoms with Gasteiger partial charge >= 0.3 is 0 Å². The van der Waals surface area contributed by atoms with Crippen molar-refractivity contribution in [3.05, 3.63) is 41.5 Å². The first-order valence-electron chi connectivity index (χ1n) is 9.56. The molecule has 28 heavy (non-hydrogen) atoms. The largest absolute Gasteiger partial charge is 0.316 e. The van der Waals surface area contributed by atoms with Gasteiger partial charge in [-0.3, -0.25) is 10.1 Å². The summed E-state index contributed by atoms with van der Waals surface area (Å²) in [5.74, 6) is 0.219. The molecule has 0 unspecified atom stereocenters. The lowest BCUT2D eigenvalue weighted by molar-refractivity contribution is -0.113. The van der Waals surface area contributed by atoms with E-state index < -0.39 is 0 Å². The molecule has 1 aliphatic rings. The van der Waals surface area contributed by atoms with E-state index in [0.717, 1.165) is 15.9 Å². The first-order chi connectivity index (χ1) is 13.7. The highest BCUT2D eigenvalue weighted by molar-refractivity contribution is 7.99. The Kier molecular flexibility index (Phi) is 6.07. The van der Waals surface area contributed by atoms with Crippen LogP contribution in [0, 0.1) is 6.92 Å². The minimum absolute atomic E-state index is 0.0828. The van der Waals surface area contributed by atoms with E-state index in [-0.39, 0.29) is 5.91 Å². The summed E-state index contributed by atoms with van der Waals surface area (Å²) in [6.07, 6.45) is 8.08. The SMILES string of the molecule is Cc1nnc(NC(=O)CSc2ncc(-c3ccccc3)n2C2CCCCC2)s1. The van der Waals surface area contributed by atoms with Crippen LogP contribution in [-0.2, 0) is 4.79 Å². The van der Waals surface area contributed by atoms with E-state index in [1.165, 1.54) is 60.8 Å². The highest BCUT2D eigenvalue weighted by atomic mass is 32.2. The number of aryl methyl sites for hydroxylation is 1. The van der Waals surface area contributed by atoms with Crippen molar-refractivity contribution >= 4 is 34.1 Å². The van der Waals surface area contributed by atoms with E-state index in [1.807, 2.05) is 19.2 Å². The zero-order chi connectivity index (χ0) is 19.3. The molecule has 1 aliphatic carbocycles. The van der Waals surface area contributed by atoms with Crippen molar-refractivity contribution in [3.63, 3.8) is 0 Å². The number of hydrogen-bond acceptors (Lipinski definition) is 6. The number of anilines is 1. The highest BCUT2D eigenvalue weighted by Crippen LogP contribution is 2.36. The van der Waals surface area contributed by atoms with Crippen molar-refractivity contribution in [3.8, 4) is 11.3 Å². The molecular weight excluding hydrogens is 390 g/mol. The summed E-state index contributed by atoms with van der Waals surface area (Å²) in [6, 6.07) is 10.8. The van der Waals surface area contributed by atoms with Crippen molar-refractivity contribution in [1.82, 2.24) is 19.7 Å². The molecule has 6 nitrogen and oxygen atoms in total. The lowest BCUT2D eigenvalue weighted by Crippen LogP contribution is -2.17. The summed E-state index contributed by atoms with van der Waals surface area (Å²) < 4.78 is 2.35. The summed E-state index contributed by atoms with van der Waals surface area (Å²) in [7, 11) is 0. The van der Waals surface area contributed by atoms with E-state index in [9.17, 15) is 4.79 Å². The van der Waals surface area contributed by atoms with Gasteiger partial charge in [0, 0.05) is 6.04 Å². The monoisotopic (exact) mass is 413 g/mol. The fourth-order valence-electron chi connectivity index (χ4n) is 3.60. The van der Waals surface area contributed by atoms with Crippen LogP contribution in [0.15, 0.2) is 41.7 Å². The molecule has 0 bridgehead atoms. The maximum Gasteiger partial charge on any atom is 0.236 e. The van der Waals surface area contributed by atoms with Gasteiger partial charge in [0.1, 0.15) is 5.01 Å². The molecule has 0 atom stereocenters. The fourth-order valence-corrected chi connectivity index (χ4v) is 5.05. The number of nitrogens with one attached hydrogen (secondary N) is 1. The summed E-state index contributed by atoms with van der Waals surface area (Å²) in [6.45, 7) is 1.87. The molecule has 1 aromatic carbocycles. The number of nitrogens with zero attached hydrogens (tertiary/aromatic N) is 4. The minimum atomic E-state index is -0.0828. The van der Waals surface area contributed by atoms with Crippen LogP contribution >= 0.6 is 23.1 Å². The van der Waals surface area contributed by atoms with Gasteiger partial charge in [-0.05, 0) is 25.3 Å². The molecule has 0 saturated heterocycles. The fraction of sp³-hybridized carbons (Fsp3) is 0.400. The number of thioether (sulfide) groups is 1. The highest BCUT2D eigenvalue weighted by Gasteiger charge is 2.23. The number of aromatic nitrogens is 4. The molecule has 1 amide bonds. The second kappa shape index (κ2) is 8.87. The molecule has 2 aromatic heterocycles. The first-order valence-corrected chi connectivity index (χ1v) is 11.4. The average molecular weight is 414 g/mol. The molecule has 1 saturated carbocycles. The molecular formula is C20H23N5OS2. The third-order valence-electron chi connectivity index (χ3n) is 4.88. The van der Waals surface area contributed by atoms with Crippen LogP contribution < -0.4 is 5.32 Å². The predicted octanol–water partition coefficient (Wildman–Crippen LogP) is 4.95. The smallest absolute Gasteiger partial charge is 0.236 e. The number of imidazole rings is 1. The molecule has 8 heteroatoms. The lowest BCUT2D eigenvalue weighted by Gasteiger charge is -2.26. The molecule has 1 fully saturated rings. The van der Waals surface area contributed by atoms with E-state index in [1.54, 1.807) is 0 Å². The van der Waals surface area contributed by atoms with Crippen LogP contribution in [0.1, 0.15) is 43.2 Å². The Balaban J connectivity index is 1.52. The van der Waals surface area contributed by atoms with Gasteiger partial charge in [0.05, 0.1) is 17.6 Å². The Morgan fingerprint density at radius 2 is 2.00 bits per heavy atom. The number of carbonyl (C=O) groups is 1. The standard InChI is InChI=1S/C20H23N5OS2/c1-14-23-24-19(28-14)22-18(26)13-27-20-21-12-17(15-8-4-2-5-9-15)25(20)16-10-6-3-7-11-16/h2,4-5,8-9,12,16H,3,6-7,10-11,13H2,1H3,(H,22,24,26). The maximum atomic E-state index is 12.3. The second-order valence-corrected chi connectivity index (χ2v) is 9.04. The van der Waals surface area contributed by atoms with E-state index >= 15 is 0 Å². The first kappa shape index (κ1) is 19.1. The Hall–Kier alpha value is -2.19. The lowest BCUT2D eigenvalue weighted by atomic mass is 9.95. The van der Waals surface area contributed by atoms with Crippen molar-refractivity contribution in [1.29, 1.82) is 0 Å². The Bertz CT molecular complexity index is 931. The topological polar surface area (TPSA) is 72.7 Å². The van der Waals surface area contributed by atoms with Gasteiger partial charge in [-0.2, -0.15) is 0 Å². The average Bonchev–Trinajstić information content (AvgIpc) is 3.33. The summed E-state index contributed by atoms with van der Waals surface area (Å²) in [5, 5.41) is 13.0. The number of hydrogen-bond donors (Lipinski definition) is 1. The molecule has 4 rings (SSSR count). The maximum absolute atomic E-state index is 12.3. The van der Waals surface area contributed by atoms with E-state index in [2.05, 4.69) is 49.3 Å². The van der Waals surface area contributed by atoms with Crippen LogP contribution in [0.4, 0.5) is 5.13 Å². The predicted molar refractivity (Wildman–Crippen MR) is 114 cm³/mol. The van der Waals surface area contributed by atoms with Gasteiger partial charge in [0.25, 0.3) is 0 Å². The molecule has 0 radical (unpaired) electrons. The van der Waals surface area contributed by atoms with E-state index in [4.69, 9.17) is 0 Å². The van der Waals surface area contributed by atoms with Gasteiger partial charge in [-0.15, -0.1) is 10.2 Å². The van der Waals surface area contributed by atoms with Crippen molar-refractivity contribution in [2.24, 2.45) is 0 Å². The van der Waals surface area contributed by atoms with Crippen LogP contribution in [0.3, 0.4) is 0 Å². The summed E-state index contributed by atoms with van der Waals surface area (Å²) in [5.41, 5.74) is 2.30. The van der Waals surface area contributed by atoms with Gasteiger partial charge in [0.15, 0.2) is 5.16 Å². The molecule has 3 aromatic rings. The number of carbonyl (C=O) groups excluding carboxylic acids is 1. The Labute approximate surface area is 172 Å². The number of benzene rings is 1. The zero-order valence-electron chi connectivity index (χ0n) is 15.8. The molecule has 146 valence electrons. The molecule has 2 heterocycles. The summed E-state index contributed by atoms with van der Waals surface area (Å²) >= 11 is 2.87. The molecule has 0 aliphatic heterocycles. The van der Waals surface area contributed by atoms with Crippen LogP contribution in [0.5, 0.6) is 0 Å². The summed E-state index contributed by atoms with van der Waals surface area (Å²) in [4.78, 5) is 17.0. The van der Waals surface area contributed by atoms with Crippen molar-refractivity contribution < 1.29 is 4.79 Å². The number of rotatable bonds is 6. The van der Waals surface area contributed by atoms with Gasteiger partial charge in [-0.1, -0.05) is 72.7 Å². The van der Waals surface area contributed by atoms with Crippen molar-refractivity contribution in [2.45, 2.75) is 50.2 Å². The number of amides is 1. The van der Waals surface area contributed by atoms with Crippen LogP contribution in [0.25, 0.3) is 11.3 Å². The quantitative estimate of drug-likeness (QED) is 0.579. The van der Waals surface area contributed by atoms with Crippen molar-refractivity contribution in [2.75, 3.05) is 11.1 Å². The molecule has 0 spiro atoms. The van der Waals surface area contributed by atoms with Gasteiger partial charge in [-0.25, -0.2) is 4.98 Å². The van der Waals surface area contributed by atoms with Crippen LogP contribution in [0.2, 0.25) is 0 Å².